The lowest BCUT2D eigenvalue weighted by atomic mass is 9.92. The van der Waals surface area contributed by atoms with E-state index in [1.807, 2.05) is 37.3 Å². The molecule has 1 aromatic carbocycles. The summed E-state index contributed by atoms with van der Waals surface area (Å²) in [6.07, 6.45) is -0.0224. The Morgan fingerprint density at radius 3 is 2.50 bits per heavy atom. The van der Waals surface area contributed by atoms with Crippen LogP contribution in [0, 0.1) is 5.92 Å². The quantitative estimate of drug-likeness (QED) is 0.747. The number of hydrogen-bond donors (Lipinski definition) is 1. The number of rotatable bonds is 6. The Bertz CT molecular complexity index is 319. The molecule has 2 atom stereocenters. The van der Waals surface area contributed by atoms with Crippen molar-refractivity contribution in [1.82, 2.24) is 0 Å². The van der Waals surface area contributed by atoms with Crippen LogP contribution in [0.4, 0.5) is 0 Å². The second-order valence-electron chi connectivity index (χ2n) is 4.06. The summed E-state index contributed by atoms with van der Waals surface area (Å²) in [5.41, 5.74) is 2.22. The van der Waals surface area contributed by atoms with Gasteiger partial charge in [0.2, 0.25) is 0 Å². The van der Waals surface area contributed by atoms with Crippen molar-refractivity contribution in [3.05, 3.63) is 48.0 Å². The molecule has 88 valence electrons. The molecule has 0 radical (unpaired) electrons. The Balaban J connectivity index is 2.83. The fourth-order valence-corrected chi connectivity index (χ4v) is 1.61. The van der Waals surface area contributed by atoms with E-state index in [1.165, 1.54) is 0 Å². The molecule has 0 fully saturated rings. The summed E-state index contributed by atoms with van der Waals surface area (Å²) in [4.78, 5) is 0. The van der Waals surface area contributed by atoms with Gasteiger partial charge in [0.05, 0.1) is 19.3 Å². The third-order valence-electron chi connectivity index (χ3n) is 2.75. The summed E-state index contributed by atoms with van der Waals surface area (Å²) in [5.74, 6) is 0.244. The maximum absolute atomic E-state index is 8.84. The predicted octanol–water partition coefficient (Wildman–Crippen LogP) is 2.95. The van der Waals surface area contributed by atoms with Crippen LogP contribution >= 0.6 is 0 Å². The first-order valence-corrected chi connectivity index (χ1v) is 5.59. The van der Waals surface area contributed by atoms with Crippen LogP contribution in [0.25, 0.3) is 0 Å². The van der Waals surface area contributed by atoms with Crippen molar-refractivity contribution < 1.29 is 9.84 Å². The van der Waals surface area contributed by atoms with Gasteiger partial charge < -0.3 is 9.84 Å². The van der Waals surface area contributed by atoms with Crippen LogP contribution in [0.2, 0.25) is 0 Å². The van der Waals surface area contributed by atoms with E-state index in [4.69, 9.17) is 9.84 Å². The van der Waals surface area contributed by atoms with Crippen LogP contribution < -0.4 is 0 Å². The lowest BCUT2D eigenvalue weighted by Gasteiger charge is -2.25. The average molecular weight is 220 g/mol. The minimum Gasteiger partial charge on any atom is -0.394 e. The highest BCUT2D eigenvalue weighted by molar-refractivity contribution is 5.20. The first-order chi connectivity index (χ1) is 7.66. The molecule has 1 N–H and O–H groups in total. The van der Waals surface area contributed by atoms with Gasteiger partial charge in [-0.1, -0.05) is 49.4 Å². The molecular formula is C14H20O2. The molecule has 0 saturated heterocycles. The molecule has 1 rings (SSSR count). The molecule has 0 unspecified atom stereocenters. The second-order valence-corrected chi connectivity index (χ2v) is 4.06. The summed E-state index contributed by atoms with van der Waals surface area (Å²) >= 11 is 0. The van der Waals surface area contributed by atoms with E-state index in [2.05, 4.69) is 13.5 Å². The minimum absolute atomic E-state index is 0.0224. The van der Waals surface area contributed by atoms with Gasteiger partial charge in [-0.05, 0) is 12.5 Å². The van der Waals surface area contributed by atoms with Crippen molar-refractivity contribution in [2.45, 2.75) is 20.0 Å². The van der Waals surface area contributed by atoms with Gasteiger partial charge >= 0.3 is 0 Å². The molecule has 2 nitrogen and oxygen atoms in total. The fraction of sp³-hybridized carbons (Fsp3) is 0.429. The molecule has 0 aromatic heterocycles. The highest BCUT2D eigenvalue weighted by Gasteiger charge is 2.20. The van der Waals surface area contributed by atoms with Gasteiger partial charge in [0.15, 0.2) is 0 Å². The first-order valence-electron chi connectivity index (χ1n) is 5.59. The summed E-state index contributed by atoms with van der Waals surface area (Å²) in [6.45, 7) is 8.47. The van der Waals surface area contributed by atoms with Crippen LogP contribution in [0.15, 0.2) is 42.5 Å². The van der Waals surface area contributed by atoms with E-state index in [-0.39, 0.29) is 18.6 Å². The van der Waals surface area contributed by atoms with E-state index in [1.54, 1.807) is 0 Å². The number of ether oxygens (including phenoxy) is 1. The van der Waals surface area contributed by atoms with Gasteiger partial charge in [0.25, 0.3) is 0 Å². The van der Waals surface area contributed by atoms with Crippen LogP contribution in [0.5, 0.6) is 0 Å². The summed E-state index contributed by atoms with van der Waals surface area (Å²) in [6, 6.07) is 10.1. The van der Waals surface area contributed by atoms with E-state index >= 15 is 0 Å². The van der Waals surface area contributed by atoms with Crippen molar-refractivity contribution in [2.24, 2.45) is 5.92 Å². The monoisotopic (exact) mass is 220 g/mol. The maximum atomic E-state index is 8.84. The zero-order valence-corrected chi connectivity index (χ0v) is 10.0. The molecule has 16 heavy (non-hydrogen) atoms. The van der Waals surface area contributed by atoms with E-state index in [0.717, 1.165) is 11.1 Å². The largest absolute Gasteiger partial charge is 0.394 e. The fourth-order valence-electron chi connectivity index (χ4n) is 1.61. The number of aliphatic hydroxyl groups excluding tert-OH is 1. The normalized spacial score (nSPS) is 14.4. The third-order valence-corrected chi connectivity index (χ3v) is 2.75. The van der Waals surface area contributed by atoms with Gasteiger partial charge in [0.1, 0.15) is 0 Å². The minimum atomic E-state index is -0.0224. The predicted molar refractivity (Wildman–Crippen MR) is 66.2 cm³/mol. The van der Waals surface area contributed by atoms with E-state index < -0.39 is 0 Å². The molecule has 0 heterocycles. The van der Waals surface area contributed by atoms with Gasteiger partial charge in [-0.3, -0.25) is 0 Å². The smallest absolute Gasteiger partial charge is 0.0888 e. The van der Waals surface area contributed by atoms with Crippen LogP contribution in [0.3, 0.4) is 0 Å². The maximum Gasteiger partial charge on any atom is 0.0888 e. The molecule has 0 bridgehead atoms. The first kappa shape index (κ1) is 12.9. The Labute approximate surface area is 97.6 Å². The molecule has 0 amide bonds. The zero-order chi connectivity index (χ0) is 12.0. The van der Waals surface area contributed by atoms with Gasteiger partial charge in [0, 0.05) is 5.92 Å². The average Bonchev–Trinajstić information content (AvgIpc) is 2.30. The van der Waals surface area contributed by atoms with Crippen LogP contribution in [0.1, 0.15) is 25.5 Å². The molecule has 0 aliphatic heterocycles. The van der Waals surface area contributed by atoms with E-state index in [9.17, 15) is 0 Å². The molecule has 0 aliphatic rings. The van der Waals surface area contributed by atoms with Gasteiger partial charge in [-0.15, -0.1) is 0 Å². The van der Waals surface area contributed by atoms with Crippen molar-refractivity contribution in [3.8, 4) is 0 Å². The topological polar surface area (TPSA) is 29.5 Å². The van der Waals surface area contributed by atoms with Gasteiger partial charge in [-0.2, -0.15) is 0 Å². The Hall–Kier alpha value is -1.12. The van der Waals surface area contributed by atoms with Crippen molar-refractivity contribution in [2.75, 3.05) is 13.2 Å². The van der Waals surface area contributed by atoms with E-state index in [0.29, 0.717) is 6.61 Å². The molecule has 2 heteroatoms. The lowest BCUT2D eigenvalue weighted by Crippen LogP contribution is -2.16. The molecular weight excluding hydrogens is 200 g/mol. The summed E-state index contributed by atoms with van der Waals surface area (Å²) < 4.78 is 5.69. The standard InChI is InChI=1S/C14H20O2/c1-11(2)12(3)14(16-10-9-15)13-7-5-4-6-8-13/h4-8,12,14-15H,1,9-10H2,2-3H3/t12-,14-/m0/s1. The highest BCUT2D eigenvalue weighted by atomic mass is 16.5. The zero-order valence-electron chi connectivity index (χ0n) is 10.0. The molecule has 0 aliphatic carbocycles. The SMILES string of the molecule is C=C(C)[C@H](C)[C@H](OCCO)c1ccccc1. The molecule has 0 saturated carbocycles. The number of benzene rings is 1. The summed E-state index contributed by atoms with van der Waals surface area (Å²) in [5, 5.41) is 8.84. The number of hydrogen-bond acceptors (Lipinski definition) is 2. The Morgan fingerprint density at radius 1 is 1.38 bits per heavy atom. The van der Waals surface area contributed by atoms with Crippen molar-refractivity contribution in [3.63, 3.8) is 0 Å². The second kappa shape index (κ2) is 6.46. The Morgan fingerprint density at radius 2 is 2.00 bits per heavy atom. The number of aliphatic hydroxyl groups is 1. The Kier molecular flexibility index (Phi) is 5.23. The molecule has 1 aromatic rings. The van der Waals surface area contributed by atoms with Crippen LogP contribution in [-0.4, -0.2) is 18.3 Å². The molecule has 0 spiro atoms. The van der Waals surface area contributed by atoms with Crippen molar-refractivity contribution in [1.29, 1.82) is 0 Å². The van der Waals surface area contributed by atoms with Gasteiger partial charge in [-0.25, -0.2) is 0 Å². The summed E-state index contributed by atoms with van der Waals surface area (Å²) in [7, 11) is 0. The lowest BCUT2D eigenvalue weighted by molar-refractivity contribution is 0.00575. The van der Waals surface area contributed by atoms with Crippen LogP contribution in [-0.2, 0) is 4.74 Å². The third kappa shape index (κ3) is 3.47. The van der Waals surface area contributed by atoms with Crippen molar-refractivity contribution >= 4 is 0 Å². The highest BCUT2D eigenvalue weighted by Crippen LogP contribution is 2.29.